The van der Waals surface area contributed by atoms with E-state index in [9.17, 15) is 4.79 Å². The van der Waals surface area contributed by atoms with Gasteiger partial charge in [0.1, 0.15) is 6.04 Å². The normalized spacial score (nSPS) is 17.2. The Morgan fingerprint density at radius 2 is 1.81 bits per heavy atom. The molecular formula is C29H28ClN5OS. The summed E-state index contributed by atoms with van der Waals surface area (Å²) in [5.74, 6) is -0.235. The van der Waals surface area contributed by atoms with Gasteiger partial charge in [0.2, 0.25) is 5.91 Å². The van der Waals surface area contributed by atoms with Crippen molar-refractivity contribution in [1.29, 1.82) is 0 Å². The number of amides is 1. The topological polar surface area (TPSA) is 62.2 Å². The van der Waals surface area contributed by atoms with Crippen LogP contribution < -0.4 is 15.5 Å². The van der Waals surface area contributed by atoms with Crippen molar-refractivity contribution in [2.45, 2.75) is 32.9 Å². The molecule has 6 nitrogen and oxygen atoms in total. The highest BCUT2D eigenvalue weighted by Gasteiger charge is 2.42. The number of carbonyl (C=O) groups excluding carboxylic acids is 1. The van der Waals surface area contributed by atoms with E-state index >= 15 is 0 Å². The number of aromatic nitrogens is 2. The minimum absolute atomic E-state index is 0.0861. The summed E-state index contributed by atoms with van der Waals surface area (Å²) in [5, 5.41) is 7.41. The molecule has 0 spiro atoms. The molecule has 0 saturated carbocycles. The van der Waals surface area contributed by atoms with E-state index in [1.54, 1.807) is 6.20 Å². The molecule has 0 unspecified atom stereocenters. The van der Waals surface area contributed by atoms with E-state index in [0.29, 0.717) is 15.8 Å². The van der Waals surface area contributed by atoms with Gasteiger partial charge >= 0.3 is 0 Å². The van der Waals surface area contributed by atoms with Gasteiger partial charge in [-0.1, -0.05) is 49.2 Å². The fourth-order valence-electron chi connectivity index (χ4n) is 4.54. The van der Waals surface area contributed by atoms with Gasteiger partial charge in [-0.15, -0.1) is 0 Å². The fourth-order valence-corrected chi connectivity index (χ4v) is 5.11. The number of benzene rings is 2. The lowest BCUT2D eigenvalue weighted by atomic mass is 10.0. The summed E-state index contributed by atoms with van der Waals surface area (Å²) in [5.41, 5.74) is 5.61. The number of anilines is 2. The minimum Gasteiger partial charge on any atom is -0.351 e. The summed E-state index contributed by atoms with van der Waals surface area (Å²) in [6.45, 7) is 5.77. The van der Waals surface area contributed by atoms with Crippen LogP contribution in [-0.2, 0) is 4.79 Å². The Bertz CT molecular complexity index is 1430. The smallest absolute Gasteiger partial charge is 0.226 e. The predicted molar refractivity (Wildman–Crippen MR) is 153 cm³/mol. The zero-order chi connectivity index (χ0) is 26.1. The van der Waals surface area contributed by atoms with Gasteiger partial charge in [0.05, 0.1) is 22.4 Å². The third-order valence-corrected chi connectivity index (χ3v) is 7.13. The molecule has 5 rings (SSSR count). The Morgan fingerprint density at radius 1 is 1.05 bits per heavy atom. The molecule has 0 bridgehead atoms. The second-order valence-corrected chi connectivity index (χ2v) is 10.2. The first-order chi connectivity index (χ1) is 17.8. The summed E-state index contributed by atoms with van der Waals surface area (Å²) in [6.07, 6.45) is 3.86. The third-order valence-electron chi connectivity index (χ3n) is 6.51. The highest BCUT2D eigenvalue weighted by molar-refractivity contribution is 7.80. The first kappa shape index (κ1) is 25.0. The SMILES string of the molecule is Cc1ccc(-n2cccc2[C@@H]2[C@H](c3ccccn3)NC(=S)N2c2ccc(NC(=O)C(C)C)c(Cl)c2)cc1. The Labute approximate surface area is 227 Å². The van der Waals surface area contributed by atoms with Crippen molar-refractivity contribution < 1.29 is 4.79 Å². The van der Waals surface area contributed by atoms with Crippen LogP contribution in [0.15, 0.2) is 85.2 Å². The Hall–Kier alpha value is -3.68. The van der Waals surface area contributed by atoms with Crippen LogP contribution in [-0.4, -0.2) is 20.6 Å². The number of pyridine rings is 1. The molecule has 1 saturated heterocycles. The number of nitrogens with zero attached hydrogens (tertiary/aromatic N) is 3. The summed E-state index contributed by atoms with van der Waals surface area (Å²) in [4.78, 5) is 19.0. The van der Waals surface area contributed by atoms with Crippen LogP contribution in [0, 0.1) is 12.8 Å². The molecule has 2 aromatic carbocycles. The number of carbonyl (C=O) groups is 1. The first-order valence-corrected chi connectivity index (χ1v) is 13.0. The molecule has 0 aliphatic carbocycles. The molecule has 37 heavy (non-hydrogen) atoms. The number of hydrogen-bond acceptors (Lipinski definition) is 3. The molecule has 2 atom stereocenters. The standard InChI is InChI=1S/C29H28ClN5OS/c1-18(2)28(36)32-23-14-13-21(17-22(23)30)35-27(26(33-29(35)37)24-7-4-5-15-31-24)25-8-6-16-34(25)20-11-9-19(3)10-12-20/h4-18,26-27H,1-3H3,(H,32,36)(H,33,37)/t26-,27+/m0/s1. The number of aryl methyl sites for hydroxylation is 1. The molecule has 8 heteroatoms. The maximum Gasteiger partial charge on any atom is 0.226 e. The predicted octanol–water partition coefficient (Wildman–Crippen LogP) is 6.61. The summed E-state index contributed by atoms with van der Waals surface area (Å²) >= 11 is 12.5. The van der Waals surface area contributed by atoms with Gasteiger partial charge in [-0.25, -0.2) is 0 Å². The first-order valence-electron chi connectivity index (χ1n) is 12.2. The summed E-state index contributed by atoms with van der Waals surface area (Å²) in [6, 6.07) is 23.7. The van der Waals surface area contributed by atoms with Crippen LogP contribution >= 0.6 is 23.8 Å². The maximum absolute atomic E-state index is 12.2. The highest BCUT2D eigenvalue weighted by Crippen LogP contribution is 2.43. The lowest BCUT2D eigenvalue weighted by Gasteiger charge is -2.29. The van der Waals surface area contributed by atoms with E-state index in [4.69, 9.17) is 23.8 Å². The van der Waals surface area contributed by atoms with Crippen molar-refractivity contribution in [3.05, 3.63) is 107 Å². The van der Waals surface area contributed by atoms with Gasteiger partial charge in [0.15, 0.2) is 5.11 Å². The van der Waals surface area contributed by atoms with Crippen molar-refractivity contribution in [2.24, 2.45) is 5.92 Å². The largest absolute Gasteiger partial charge is 0.351 e. The minimum atomic E-state index is -0.203. The second-order valence-electron chi connectivity index (χ2n) is 9.44. The monoisotopic (exact) mass is 529 g/mol. The Morgan fingerprint density at radius 3 is 2.49 bits per heavy atom. The van der Waals surface area contributed by atoms with Gasteiger partial charge in [-0.3, -0.25) is 9.78 Å². The molecule has 1 aliphatic heterocycles. The van der Waals surface area contributed by atoms with Crippen molar-refractivity contribution in [2.75, 3.05) is 10.2 Å². The van der Waals surface area contributed by atoms with Crippen molar-refractivity contribution >= 4 is 46.2 Å². The average Bonchev–Trinajstić information content (AvgIpc) is 3.50. The zero-order valence-electron chi connectivity index (χ0n) is 20.9. The number of thiocarbonyl (C=S) groups is 1. The summed E-state index contributed by atoms with van der Waals surface area (Å²) in [7, 11) is 0. The molecule has 3 heterocycles. The lowest BCUT2D eigenvalue weighted by molar-refractivity contribution is -0.118. The van der Waals surface area contributed by atoms with E-state index in [2.05, 4.69) is 68.5 Å². The van der Waals surface area contributed by atoms with Crippen LogP contribution in [0.25, 0.3) is 5.69 Å². The van der Waals surface area contributed by atoms with Gasteiger partial charge in [0.25, 0.3) is 0 Å². The molecule has 0 radical (unpaired) electrons. The Kier molecular flexibility index (Phi) is 7.00. The van der Waals surface area contributed by atoms with E-state index in [1.165, 1.54) is 5.56 Å². The van der Waals surface area contributed by atoms with Gasteiger partial charge in [-0.2, -0.15) is 0 Å². The molecule has 2 N–H and O–H groups in total. The van der Waals surface area contributed by atoms with Gasteiger partial charge in [0, 0.05) is 35.4 Å². The molecule has 188 valence electrons. The third kappa shape index (κ3) is 4.97. The number of rotatable bonds is 6. The summed E-state index contributed by atoms with van der Waals surface area (Å²) < 4.78 is 2.18. The van der Waals surface area contributed by atoms with E-state index in [0.717, 1.165) is 22.8 Å². The Balaban J connectivity index is 1.59. The highest BCUT2D eigenvalue weighted by atomic mass is 35.5. The average molecular weight is 530 g/mol. The van der Waals surface area contributed by atoms with Crippen molar-refractivity contribution in [3.63, 3.8) is 0 Å². The maximum atomic E-state index is 12.2. The van der Waals surface area contributed by atoms with Gasteiger partial charge in [-0.05, 0) is 73.7 Å². The molecule has 4 aromatic rings. The van der Waals surface area contributed by atoms with Crippen molar-refractivity contribution in [1.82, 2.24) is 14.9 Å². The molecule has 1 aliphatic rings. The van der Waals surface area contributed by atoms with Crippen LogP contribution in [0.5, 0.6) is 0 Å². The molecular weight excluding hydrogens is 502 g/mol. The lowest BCUT2D eigenvalue weighted by Crippen LogP contribution is -2.30. The van der Waals surface area contributed by atoms with Gasteiger partial charge < -0.3 is 20.1 Å². The van der Waals surface area contributed by atoms with Crippen LogP contribution in [0.2, 0.25) is 5.02 Å². The number of halogens is 1. The van der Waals surface area contributed by atoms with E-state index in [-0.39, 0.29) is 23.9 Å². The molecule has 1 amide bonds. The van der Waals surface area contributed by atoms with Crippen molar-refractivity contribution in [3.8, 4) is 5.69 Å². The second kappa shape index (κ2) is 10.4. The zero-order valence-corrected chi connectivity index (χ0v) is 22.4. The quantitative estimate of drug-likeness (QED) is 0.275. The molecule has 1 fully saturated rings. The number of hydrogen-bond donors (Lipinski definition) is 2. The molecule has 2 aromatic heterocycles. The van der Waals surface area contributed by atoms with E-state index < -0.39 is 0 Å². The van der Waals surface area contributed by atoms with E-state index in [1.807, 2.05) is 56.3 Å². The van der Waals surface area contributed by atoms with Crippen LogP contribution in [0.3, 0.4) is 0 Å². The number of nitrogens with one attached hydrogen (secondary N) is 2. The van der Waals surface area contributed by atoms with Crippen LogP contribution in [0.4, 0.5) is 11.4 Å². The van der Waals surface area contributed by atoms with Crippen LogP contribution in [0.1, 0.15) is 42.9 Å². The fraction of sp³-hybridized carbons (Fsp3) is 0.207.